The molecule has 2 aromatic carbocycles. The quantitative estimate of drug-likeness (QED) is 0.455. The molecule has 2 aromatic rings. The van der Waals surface area contributed by atoms with E-state index in [4.69, 9.17) is 14.2 Å². The molecule has 36 heavy (non-hydrogen) atoms. The molecule has 2 aliphatic carbocycles. The van der Waals surface area contributed by atoms with Gasteiger partial charge in [-0.1, -0.05) is 30.7 Å². The van der Waals surface area contributed by atoms with Gasteiger partial charge in [0.15, 0.2) is 0 Å². The highest BCUT2D eigenvalue weighted by Gasteiger charge is 2.32. The molecular formula is C29H36FNO5. The van der Waals surface area contributed by atoms with Gasteiger partial charge in [-0.2, -0.15) is 0 Å². The molecule has 2 atom stereocenters. The van der Waals surface area contributed by atoms with E-state index in [-0.39, 0.29) is 36.3 Å². The highest BCUT2D eigenvalue weighted by Crippen LogP contribution is 2.46. The summed E-state index contributed by atoms with van der Waals surface area (Å²) in [6.07, 6.45) is 4.66. The lowest BCUT2D eigenvalue weighted by molar-refractivity contribution is -0.139. The van der Waals surface area contributed by atoms with Crippen LogP contribution in [0.25, 0.3) is 11.1 Å². The van der Waals surface area contributed by atoms with Crippen LogP contribution in [0.5, 0.6) is 5.75 Å². The fourth-order valence-electron chi connectivity index (χ4n) is 5.05. The Kier molecular flexibility index (Phi) is 7.86. The zero-order chi connectivity index (χ0) is 25.9. The second kappa shape index (κ2) is 10.9. The van der Waals surface area contributed by atoms with E-state index in [0.717, 1.165) is 48.8 Å². The molecule has 2 saturated carbocycles. The van der Waals surface area contributed by atoms with Gasteiger partial charge in [0.2, 0.25) is 0 Å². The average molecular weight is 498 g/mol. The van der Waals surface area contributed by atoms with Gasteiger partial charge >= 0.3 is 12.1 Å². The van der Waals surface area contributed by atoms with Gasteiger partial charge in [0.1, 0.15) is 23.3 Å². The SMILES string of the molecule is COC(=O)Cc1cccc(O[C@@H]2CC[C@@H](NC(=O)OC(C)(C)C)C2)c1-c1cccc(F)c1C1CCC1. The Morgan fingerprint density at radius 3 is 2.47 bits per heavy atom. The van der Waals surface area contributed by atoms with Crippen LogP contribution in [-0.2, 0) is 20.7 Å². The molecule has 1 N–H and O–H groups in total. The molecule has 0 heterocycles. The standard InChI is InChI=1S/C29H36FNO5/c1-29(2,3)36-28(33)31-20-14-15-21(17-20)35-24-13-6-10-19(16-25(32)34-4)27(24)22-11-7-12-23(30)26(22)18-8-5-9-18/h6-7,10-13,18,20-21H,5,8-9,14-17H2,1-4H3,(H,31,33)/t20-,21-/m1/s1. The lowest BCUT2D eigenvalue weighted by Gasteiger charge is -2.29. The van der Waals surface area contributed by atoms with Crippen molar-refractivity contribution in [2.24, 2.45) is 0 Å². The van der Waals surface area contributed by atoms with E-state index in [1.807, 2.05) is 45.0 Å². The van der Waals surface area contributed by atoms with E-state index in [1.165, 1.54) is 13.2 Å². The normalized spacial score (nSPS) is 19.9. The molecule has 4 rings (SSSR count). The molecule has 2 fully saturated rings. The highest BCUT2D eigenvalue weighted by atomic mass is 19.1. The minimum Gasteiger partial charge on any atom is -0.490 e. The lowest BCUT2D eigenvalue weighted by Crippen LogP contribution is -2.38. The number of hydrogen-bond acceptors (Lipinski definition) is 5. The van der Waals surface area contributed by atoms with Gasteiger partial charge < -0.3 is 19.5 Å². The van der Waals surface area contributed by atoms with Crippen molar-refractivity contribution in [2.45, 2.75) is 89.4 Å². The molecule has 0 aliphatic heterocycles. The average Bonchev–Trinajstić information content (AvgIpc) is 3.19. The van der Waals surface area contributed by atoms with Crippen molar-refractivity contribution in [2.75, 3.05) is 7.11 Å². The molecule has 0 radical (unpaired) electrons. The van der Waals surface area contributed by atoms with E-state index < -0.39 is 11.7 Å². The predicted molar refractivity (Wildman–Crippen MR) is 136 cm³/mol. The monoisotopic (exact) mass is 497 g/mol. The number of amides is 1. The van der Waals surface area contributed by atoms with Gasteiger partial charge in [0.25, 0.3) is 0 Å². The molecule has 1 amide bonds. The van der Waals surface area contributed by atoms with Crippen molar-refractivity contribution < 1.29 is 28.2 Å². The van der Waals surface area contributed by atoms with E-state index in [0.29, 0.717) is 17.7 Å². The fraction of sp³-hybridized carbons (Fsp3) is 0.517. The van der Waals surface area contributed by atoms with E-state index in [9.17, 15) is 9.59 Å². The van der Waals surface area contributed by atoms with E-state index in [2.05, 4.69) is 5.32 Å². The highest BCUT2D eigenvalue weighted by molar-refractivity contribution is 5.82. The number of rotatable bonds is 7. The zero-order valence-corrected chi connectivity index (χ0v) is 21.6. The van der Waals surface area contributed by atoms with E-state index >= 15 is 4.39 Å². The predicted octanol–water partition coefficient (Wildman–Crippen LogP) is 6.30. The topological polar surface area (TPSA) is 73.9 Å². The third-order valence-electron chi connectivity index (χ3n) is 6.91. The molecule has 0 bridgehead atoms. The molecule has 194 valence electrons. The second-order valence-electron chi connectivity index (χ2n) is 10.8. The number of carbonyl (C=O) groups excluding carboxylic acids is 2. The van der Waals surface area contributed by atoms with Crippen molar-refractivity contribution >= 4 is 12.1 Å². The van der Waals surface area contributed by atoms with Crippen molar-refractivity contribution in [1.29, 1.82) is 0 Å². The smallest absolute Gasteiger partial charge is 0.407 e. The van der Waals surface area contributed by atoms with Crippen molar-refractivity contribution in [3.8, 4) is 16.9 Å². The van der Waals surface area contributed by atoms with Crippen molar-refractivity contribution in [1.82, 2.24) is 5.32 Å². The maximum Gasteiger partial charge on any atom is 0.407 e. The Morgan fingerprint density at radius 1 is 1.06 bits per heavy atom. The number of ether oxygens (including phenoxy) is 3. The van der Waals surface area contributed by atoms with Crippen LogP contribution in [0.15, 0.2) is 36.4 Å². The largest absolute Gasteiger partial charge is 0.490 e. The van der Waals surface area contributed by atoms with Gasteiger partial charge in [-0.15, -0.1) is 0 Å². The summed E-state index contributed by atoms with van der Waals surface area (Å²) in [7, 11) is 1.36. The first-order valence-electron chi connectivity index (χ1n) is 12.8. The molecule has 6 nitrogen and oxygen atoms in total. The summed E-state index contributed by atoms with van der Waals surface area (Å²) in [6.45, 7) is 5.50. The number of methoxy groups -OCH3 is 1. The zero-order valence-electron chi connectivity index (χ0n) is 21.6. The van der Waals surface area contributed by atoms with Gasteiger partial charge in [-0.3, -0.25) is 4.79 Å². The summed E-state index contributed by atoms with van der Waals surface area (Å²) < 4.78 is 31.9. The van der Waals surface area contributed by atoms with Crippen LogP contribution in [0.2, 0.25) is 0 Å². The van der Waals surface area contributed by atoms with Crippen LogP contribution in [0.3, 0.4) is 0 Å². The Balaban J connectivity index is 1.61. The lowest BCUT2D eigenvalue weighted by atomic mass is 9.76. The first-order valence-corrected chi connectivity index (χ1v) is 12.8. The van der Waals surface area contributed by atoms with Crippen LogP contribution < -0.4 is 10.1 Å². The van der Waals surface area contributed by atoms with E-state index in [1.54, 1.807) is 6.07 Å². The number of esters is 1. The number of alkyl carbamates (subject to hydrolysis) is 1. The maximum absolute atomic E-state index is 15.1. The van der Waals surface area contributed by atoms with Crippen LogP contribution in [0, 0.1) is 5.82 Å². The van der Waals surface area contributed by atoms with Gasteiger partial charge in [0.05, 0.1) is 13.5 Å². The maximum atomic E-state index is 15.1. The Labute approximate surface area is 212 Å². The summed E-state index contributed by atoms with van der Waals surface area (Å²) in [5.74, 6) is 0.190. The minimum absolute atomic E-state index is 0.0498. The Morgan fingerprint density at radius 2 is 1.81 bits per heavy atom. The van der Waals surface area contributed by atoms with Gasteiger partial charge in [-0.05, 0) is 81.2 Å². The molecular weight excluding hydrogens is 461 g/mol. The molecule has 0 aromatic heterocycles. The molecule has 0 spiro atoms. The van der Waals surface area contributed by atoms with Crippen LogP contribution in [-0.4, -0.2) is 36.9 Å². The Bertz CT molecular complexity index is 1110. The number of benzene rings is 2. The Hall–Kier alpha value is -3.09. The third kappa shape index (κ3) is 6.18. The minimum atomic E-state index is -0.559. The summed E-state index contributed by atoms with van der Waals surface area (Å²) in [6, 6.07) is 10.7. The van der Waals surface area contributed by atoms with Crippen LogP contribution in [0.4, 0.5) is 9.18 Å². The molecule has 7 heteroatoms. The first kappa shape index (κ1) is 26.0. The second-order valence-corrected chi connectivity index (χ2v) is 10.8. The van der Waals surface area contributed by atoms with Gasteiger partial charge in [-0.25, -0.2) is 9.18 Å². The number of hydrogen-bond donors (Lipinski definition) is 1. The summed E-state index contributed by atoms with van der Waals surface area (Å²) in [5.41, 5.74) is 2.40. The number of carbonyl (C=O) groups is 2. The summed E-state index contributed by atoms with van der Waals surface area (Å²) >= 11 is 0. The first-order chi connectivity index (χ1) is 17.1. The number of nitrogens with one attached hydrogen (secondary N) is 1. The van der Waals surface area contributed by atoms with Crippen molar-refractivity contribution in [3.05, 3.63) is 53.3 Å². The van der Waals surface area contributed by atoms with Crippen molar-refractivity contribution in [3.63, 3.8) is 0 Å². The third-order valence-corrected chi connectivity index (χ3v) is 6.91. The molecule has 0 saturated heterocycles. The summed E-state index contributed by atoms with van der Waals surface area (Å²) in [4.78, 5) is 24.4. The van der Waals surface area contributed by atoms with Crippen LogP contribution >= 0.6 is 0 Å². The van der Waals surface area contributed by atoms with Gasteiger partial charge in [0, 0.05) is 18.0 Å². The fourth-order valence-corrected chi connectivity index (χ4v) is 5.05. The number of halogens is 1. The van der Waals surface area contributed by atoms with Crippen LogP contribution in [0.1, 0.15) is 76.3 Å². The molecule has 0 unspecified atom stereocenters. The molecule has 2 aliphatic rings. The summed E-state index contributed by atoms with van der Waals surface area (Å²) in [5, 5.41) is 2.94.